The van der Waals surface area contributed by atoms with E-state index in [1.807, 2.05) is 29.2 Å². The van der Waals surface area contributed by atoms with Crippen LogP contribution in [-0.4, -0.2) is 50.3 Å². The van der Waals surface area contributed by atoms with Crippen molar-refractivity contribution in [2.24, 2.45) is 0 Å². The normalized spacial score (nSPS) is 13.6. The number of hydrogen-bond acceptors (Lipinski definition) is 3. The van der Waals surface area contributed by atoms with Gasteiger partial charge >= 0.3 is 6.03 Å². The van der Waals surface area contributed by atoms with Gasteiger partial charge in [-0.3, -0.25) is 0 Å². The number of benzene rings is 2. The molecule has 0 radical (unpaired) electrons. The highest BCUT2D eigenvalue weighted by molar-refractivity contribution is 5.85. The van der Waals surface area contributed by atoms with Crippen molar-refractivity contribution in [1.29, 1.82) is 0 Å². The zero-order valence-corrected chi connectivity index (χ0v) is 18.4. The second-order valence-electron chi connectivity index (χ2n) is 7.44. The summed E-state index contributed by atoms with van der Waals surface area (Å²) in [5.74, 6) is 0.875. The maximum absolute atomic E-state index is 12.4. The minimum Gasteiger partial charge on any atom is -0.494 e. The molecule has 2 aromatic rings. The minimum atomic E-state index is 0. The largest absolute Gasteiger partial charge is 0.494 e. The molecule has 0 bridgehead atoms. The number of anilines is 1. The van der Waals surface area contributed by atoms with Crippen LogP contribution in [0.1, 0.15) is 23.1 Å². The first kappa shape index (κ1) is 22.9. The average molecular weight is 418 g/mol. The lowest BCUT2D eigenvalue weighted by atomic mass is 10.1. The molecule has 1 fully saturated rings. The van der Waals surface area contributed by atoms with Gasteiger partial charge in [0.1, 0.15) is 5.75 Å². The van der Waals surface area contributed by atoms with Crippen molar-refractivity contribution in [2.45, 2.75) is 27.2 Å². The predicted octanol–water partition coefficient (Wildman–Crippen LogP) is 4.33. The molecule has 29 heavy (non-hydrogen) atoms. The second-order valence-corrected chi connectivity index (χ2v) is 7.44. The lowest BCUT2D eigenvalue weighted by Gasteiger charge is -2.37. The van der Waals surface area contributed by atoms with E-state index in [0.717, 1.165) is 38.3 Å². The number of urea groups is 1. The zero-order chi connectivity index (χ0) is 19.9. The number of nitrogens with zero attached hydrogens (tertiary/aromatic N) is 2. The fourth-order valence-electron chi connectivity index (χ4n) is 3.43. The van der Waals surface area contributed by atoms with Crippen molar-refractivity contribution in [3.63, 3.8) is 0 Å². The summed E-state index contributed by atoms with van der Waals surface area (Å²) in [6, 6.07) is 14.5. The molecule has 0 aromatic heterocycles. The SMILES string of the molecule is Cc1ccc(OCCCNC(=O)N2CCN(c3cccc(C)c3C)CC2)cc1.Cl. The van der Waals surface area contributed by atoms with Crippen molar-refractivity contribution in [1.82, 2.24) is 10.2 Å². The van der Waals surface area contributed by atoms with Crippen molar-refractivity contribution < 1.29 is 9.53 Å². The summed E-state index contributed by atoms with van der Waals surface area (Å²) >= 11 is 0. The number of amides is 2. The summed E-state index contributed by atoms with van der Waals surface area (Å²) in [6.45, 7) is 10.8. The standard InChI is InChI=1S/C23H31N3O2.ClH/c1-18-8-10-21(11-9-18)28-17-5-12-24-23(27)26-15-13-25(14-16-26)22-7-4-6-19(2)20(22)3;/h4,6-11H,5,12-17H2,1-3H3,(H,24,27);1H. The third-order valence-corrected chi connectivity index (χ3v) is 5.37. The van der Waals surface area contributed by atoms with Crippen molar-refractivity contribution in [3.8, 4) is 5.75 Å². The monoisotopic (exact) mass is 417 g/mol. The quantitative estimate of drug-likeness (QED) is 0.711. The fraction of sp³-hybridized carbons (Fsp3) is 0.435. The second kappa shape index (κ2) is 11.0. The van der Waals surface area contributed by atoms with Gasteiger partial charge in [0.05, 0.1) is 6.61 Å². The molecule has 2 aromatic carbocycles. The molecule has 6 heteroatoms. The first-order valence-electron chi connectivity index (χ1n) is 10.1. The van der Waals surface area contributed by atoms with Crippen LogP contribution in [0.25, 0.3) is 0 Å². The zero-order valence-electron chi connectivity index (χ0n) is 17.6. The number of rotatable bonds is 6. The molecule has 0 unspecified atom stereocenters. The van der Waals surface area contributed by atoms with Crippen LogP contribution in [0.5, 0.6) is 5.75 Å². The Morgan fingerprint density at radius 3 is 2.38 bits per heavy atom. The smallest absolute Gasteiger partial charge is 0.317 e. The van der Waals surface area contributed by atoms with E-state index in [-0.39, 0.29) is 18.4 Å². The Kier molecular flexibility index (Phi) is 8.65. The molecule has 0 aliphatic carbocycles. The van der Waals surface area contributed by atoms with E-state index in [9.17, 15) is 4.79 Å². The topological polar surface area (TPSA) is 44.8 Å². The first-order valence-corrected chi connectivity index (χ1v) is 10.1. The molecule has 1 N–H and O–H groups in total. The molecular formula is C23H32ClN3O2. The minimum absolute atomic E-state index is 0. The number of carbonyl (C=O) groups excluding carboxylic acids is 1. The number of hydrogen-bond donors (Lipinski definition) is 1. The van der Waals surface area contributed by atoms with Crippen LogP contribution in [0, 0.1) is 20.8 Å². The van der Waals surface area contributed by atoms with Gasteiger partial charge in [-0.25, -0.2) is 4.79 Å². The van der Waals surface area contributed by atoms with Gasteiger partial charge < -0.3 is 19.9 Å². The third-order valence-electron chi connectivity index (χ3n) is 5.37. The number of aryl methyl sites for hydroxylation is 2. The van der Waals surface area contributed by atoms with Gasteiger partial charge in [-0.2, -0.15) is 0 Å². The molecular weight excluding hydrogens is 386 g/mol. The van der Waals surface area contributed by atoms with Crippen LogP contribution in [0.4, 0.5) is 10.5 Å². The molecule has 0 saturated carbocycles. The molecule has 158 valence electrons. The highest BCUT2D eigenvalue weighted by Gasteiger charge is 2.21. The molecule has 5 nitrogen and oxygen atoms in total. The van der Waals surface area contributed by atoms with E-state index < -0.39 is 0 Å². The molecule has 1 aliphatic rings. The summed E-state index contributed by atoms with van der Waals surface area (Å²) in [5, 5.41) is 3.01. The highest BCUT2D eigenvalue weighted by atomic mass is 35.5. The summed E-state index contributed by atoms with van der Waals surface area (Å²) in [5.41, 5.74) is 5.14. The van der Waals surface area contributed by atoms with Gasteiger partial charge in [-0.15, -0.1) is 12.4 Å². The average Bonchev–Trinajstić information content (AvgIpc) is 2.71. The lowest BCUT2D eigenvalue weighted by Crippen LogP contribution is -2.52. The molecule has 1 heterocycles. The van der Waals surface area contributed by atoms with Gasteiger partial charge in [-0.05, 0) is 56.5 Å². The maximum atomic E-state index is 12.4. The van der Waals surface area contributed by atoms with Crippen LogP contribution < -0.4 is 15.0 Å². The summed E-state index contributed by atoms with van der Waals surface area (Å²) in [7, 11) is 0. The van der Waals surface area contributed by atoms with Gasteiger partial charge in [-0.1, -0.05) is 29.8 Å². The Morgan fingerprint density at radius 2 is 1.69 bits per heavy atom. The van der Waals surface area contributed by atoms with Crippen molar-refractivity contribution >= 4 is 24.1 Å². The summed E-state index contributed by atoms with van der Waals surface area (Å²) in [4.78, 5) is 16.7. The fourth-order valence-corrected chi connectivity index (χ4v) is 3.43. The molecule has 1 saturated heterocycles. The highest BCUT2D eigenvalue weighted by Crippen LogP contribution is 2.23. The van der Waals surface area contributed by atoms with E-state index in [4.69, 9.17) is 4.74 Å². The van der Waals surface area contributed by atoms with Crippen LogP contribution in [0.15, 0.2) is 42.5 Å². The Labute approximate surface area is 180 Å². The van der Waals surface area contributed by atoms with E-state index in [2.05, 4.69) is 49.2 Å². The number of nitrogens with one attached hydrogen (secondary N) is 1. The number of halogens is 1. The molecule has 3 rings (SSSR count). The predicted molar refractivity (Wildman–Crippen MR) is 122 cm³/mol. The van der Waals surface area contributed by atoms with Crippen molar-refractivity contribution in [2.75, 3.05) is 44.2 Å². The van der Waals surface area contributed by atoms with Gasteiger partial charge in [0.25, 0.3) is 0 Å². The Balaban J connectivity index is 0.00000300. The lowest BCUT2D eigenvalue weighted by molar-refractivity contribution is 0.193. The van der Waals surface area contributed by atoms with Gasteiger partial charge in [0.2, 0.25) is 0 Å². The molecule has 1 aliphatic heterocycles. The first-order chi connectivity index (χ1) is 13.5. The van der Waals surface area contributed by atoms with Crippen LogP contribution in [0.2, 0.25) is 0 Å². The van der Waals surface area contributed by atoms with Gasteiger partial charge in [0, 0.05) is 38.4 Å². The molecule has 0 spiro atoms. The van der Waals surface area contributed by atoms with E-state index in [1.165, 1.54) is 22.4 Å². The number of ether oxygens (including phenoxy) is 1. The van der Waals surface area contributed by atoms with Crippen molar-refractivity contribution in [3.05, 3.63) is 59.2 Å². The van der Waals surface area contributed by atoms with Crippen LogP contribution in [0.3, 0.4) is 0 Å². The van der Waals surface area contributed by atoms with Crippen LogP contribution in [-0.2, 0) is 0 Å². The molecule has 0 atom stereocenters. The Morgan fingerprint density at radius 1 is 1.00 bits per heavy atom. The summed E-state index contributed by atoms with van der Waals surface area (Å²) in [6.07, 6.45) is 0.794. The third kappa shape index (κ3) is 6.29. The number of piperazine rings is 1. The Bertz CT molecular complexity index is 787. The maximum Gasteiger partial charge on any atom is 0.317 e. The summed E-state index contributed by atoms with van der Waals surface area (Å²) < 4.78 is 5.70. The van der Waals surface area contributed by atoms with E-state index in [0.29, 0.717) is 13.2 Å². The number of carbonyl (C=O) groups is 1. The van der Waals surface area contributed by atoms with E-state index in [1.54, 1.807) is 0 Å². The molecule has 2 amide bonds. The van der Waals surface area contributed by atoms with E-state index >= 15 is 0 Å². The van der Waals surface area contributed by atoms with Crippen LogP contribution >= 0.6 is 12.4 Å². The Hall–Kier alpha value is -2.40. The van der Waals surface area contributed by atoms with Gasteiger partial charge in [0.15, 0.2) is 0 Å².